The summed E-state index contributed by atoms with van der Waals surface area (Å²) in [7, 11) is -2.93. The number of fused-ring (bicyclic) bond motifs is 1. The Balaban J connectivity index is 1.95. The molecular formula is C17H23N3O2S. The number of aromatic nitrogens is 2. The standard InChI is InChI=1S/C17H23N3O2S/c1-11(2)14-5-6-16(15-7-18-10-19-17(14)15)20-8-13(12(20)3)9-23(4,21)22/h5-7,10-13H,8-9H2,1-4H3/t12-,13-/m1/s1. The predicted molar refractivity (Wildman–Crippen MR) is 93.6 cm³/mol. The highest BCUT2D eigenvalue weighted by Gasteiger charge is 2.38. The molecule has 1 aliphatic rings. The van der Waals surface area contributed by atoms with Gasteiger partial charge in [0.2, 0.25) is 0 Å². The van der Waals surface area contributed by atoms with Gasteiger partial charge < -0.3 is 4.90 Å². The lowest BCUT2D eigenvalue weighted by Crippen LogP contribution is -2.57. The van der Waals surface area contributed by atoms with Crippen LogP contribution in [0.15, 0.2) is 24.7 Å². The van der Waals surface area contributed by atoms with Crippen molar-refractivity contribution < 1.29 is 8.42 Å². The molecule has 0 saturated carbocycles. The molecule has 23 heavy (non-hydrogen) atoms. The zero-order valence-corrected chi connectivity index (χ0v) is 14.8. The summed E-state index contributed by atoms with van der Waals surface area (Å²) in [4.78, 5) is 10.9. The second kappa shape index (κ2) is 5.74. The van der Waals surface area contributed by atoms with Crippen LogP contribution in [0.5, 0.6) is 0 Å². The minimum absolute atomic E-state index is 0.189. The maximum atomic E-state index is 11.5. The van der Waals surface area contributed by atoms with Gasteiger partial charge in [-0.3, -0.25) is 0 Å². The number of hydrogen-bond donors (Lipinski definition) is 0. The van der Waals surface area contributed by atoms with Gasteiger partial charge in [-0.1, -0.05) is 19.9 Å². The lowest BCUT2D eigenvalue weighted by molar-refractivity contribution is 0.342. The Morgan fingerprint density at radius 2 is 2.09 bits per heavy atom. The van der Waals surface area contributed by atoms with Gasteiger partial charge in [0.05, 0.1) is 11.3 Å². The number of nitrogens with zero attached hydrogens (tertiary/aromatic N) is 3. The lowest BCUT2D eigenvalue weighted by Gasteiger charge is -2.48. The van der Waals surface area contributed by atoms with Gasteiger partial charge in [0, 0.05) is 42.0 Å². The Hall–Kier alpha value is -1.69. The highest BCUT2D eigenvalue weighted by Crippen LogP contribution is 2.37. The number of rotatable bonds is 4. The zero-order chi connectivity index (χ0) is 16.8. The maximum absolute atomic E-state index is 11.5. The Labute approximate surface area is 137 Å². The van der Waals surface area contributed by atoms with E-state index in [0.717, 1.165) is 23.1 Å². The van der Waals surface area contributed by atoms with E-state index >= 15 is 0 Å². The molecule has 0 unspecified atom stereocenters. The second-order valence-electron chi connectivity index (χ2n) is 6.86. The van der Waals surface area contributed by atoms with Crippen LogP contribution in [-0.4, -0.2) is 43.0 Å². The van der Waals surface area contributed by atoms with Gasteiger partial charge in [0.25, 0.3) is 0 Å². The van der Waals surface area contributed by atoms with Crippen molar-refractivity contribution in [2.45, 2.75) is 32.7 Å². The molecule has 0 radical (unpaired) electrons. The van der Waals surface area contributed by atoms with Crippen LogP contribution < -0.4 is 4.90 Å². The van der Waals surface area contributed by atoms with E-state index in [1.165, 1.54) is 11.8 Å². The smallest absolute Gasteiger partial charge is 0.147 e. The fraction of sp³-hybridized carbons (Fsp3) is 0.529. The quantitative estimate of drug-likeness (QED) is 0.860. The van der Waals surface area contributed by atoms with E-state index in [-0.39, 0.29) is 17.7 Å². The topological polar surface area (TPSA) is 63.2 Å². The Bertz CT molecular complexity index is 833. The van der Waals surface area contributed by atoms with Crippen LogP contribution in [0.4, 0.5) is 5.69 Å². The first-order valence-electron chi connectivity index (χ1n) is 7.95. The van der Waals surface area contributed by atoms with Crippen molar-refractivity contribution >= 4 is 26.4 Å². The summed E-state index contributed by atoms with van der Waals surface area (Å²) in [6, 6.07) is 4.46. The van der Waals surface area contributed by atoms with Crippen LogP contribution in [0.25, 0.3) is 10.9 Å². The van der Waals surface area contributed by atoms with E-state index in [1.807, 2.05) is 6.20 Å². The highest BCUT2D eigenvalue weighted by atomic mass is 32.2. The average Bonchev–Trinajstić information content (AvgIpc) is 2.49. The average molecular weight is 333 g/mol. The van der Waals surface area contributed by atoms with Crippen molar-refractivity contribution in [1.29, 1.82) is 0 Å². The van der Waals surface area contributed by atoms with Crippen LogP contribution in [0, 0.1) is 5.92 Å². The van der Waals surface area contributed by atoms with Crippen molar-refractivity contribution in [1.82, 2.24) is 9.97 Å². The number of benzene rings is 1. The molecular weight excluding hydrogens is 310 g/mol. The summed E-state index contributed by atoms with van der Waals surface area (Å²) in [5, 5.41) is 1.04. The molecule has 1 aromatic heterocycles. The summed E-state index contributed by atoms with van der Waals surface area (Å²) in [6.07, 6.45) is 4.76. The van der Waals surface area contributed by atoms with Gasteiger partial charge in [-0.15, -0.1) is 0 Å². The number of sulfone groups is 1. The van der Waals surface area contributed by atoms with Crippen molar-refractivity contribution in [2.24, 2.45) is 5.92 Å². The van der Waals surface area contributed by atoms with Crippen molar-refractivity contribution in [3.63, 3.8) is 0 Å². The van der Waals surface area contributed by atoms with Crippen LogP contribution in [0.2, 0.25) is 0 Å². The Kier molecular flexibility index (Phi) is 4.04. The Morgan fingerprint density at radius 3 is 2.70 bits per heavy atom. The van der Waals surface area contributed by atoms with Crippen molar-refractivity contribution in [2.75, 3.05) is 23.5 Å². The number of anilines is 1. The molecule has 1 aliphatic heterocycles. The van der Waals surface area contributed by atoms with E-state index in [2.05, 4.69) is 47.8 Å². The molecule has 0 aliphatic carbocycles. The minimum Gasteiger partial charge on any atom is -0.367 e. The number of hydrogen-bond acceptors (Lipinski definition) is 5. The van der Waals surface area contributed by atoms with E-state index in [1.54, 1.807) is 6.33 Å². The van der Waals surface area contributed by atoms with Crippen LogP contribution in [0.1, 0.15) is 32.3 Å². The maximum Gasteiger partial charge on any atom is 0.147 e. The van der Waals surface area contributed by atoms with Crippen molar-refractivity contribution in [3.8, 4) is 0 Å². The molecule has 3 rings (SSSR count). The first-order chi connectivity index (χ1) is 10.8. The molecule has 1 aromatic carbocycles. The third kappa shape index (κ3) is 3.04. The molecule has 0 spiro atoms. The molecule has 6 heteroatoms. The first-order valence-corrected chi connectivity index (χ1v) is 10.0. The zero-order valence-electron chi connectivity index (χ0n) is 14.0. The summed E-state index contributed by atoms with van der Waals surface area (Å²) in [6.45, 7) is 7.17. The van der Waals surface area contributed by atoms with Gasteiger partial charge in [-0.05, 0) is 24.5 Å². The molecule has 0 amide bonds. The van der Waals surface area contributed by atoms with Gasteiger partial charge in [-0.25, -0.2) is 18.4 Å². The third-order valence-corrected chi connectivity index (χ3v) is 5.77. The van der Waals surface area contributed by atoms with Gasteiger partial charge in [0.1, 0.15) is 16.2 Å². The van der Waals surface area contributed by atoms with E-state index in [9.17, 15) is 8.42 Å². The van der Waals surface area contributed by atoms with Gasteiger partial charge in [0.15, 0.2) is 0 Å². The Morgan fingerprint density at radius 1 is 1.35 bits per heavy atom. The summed E-state index contributed by atoms with van der Waals surface area (Å²) < 4.78 is 23.0. The second-order valence-corrected chi connectivity index (χ2v) is 9.04. The molecule has 2 atom stereocenters. The fourth-order valence-electron chi connectivity index (χ4n) is 3.39. The first kappa shape index (κ1) is 16.2. The van der Waals surface area contributed by atoms with Gasteiger partial charge >= 0.3 is 0 Å². The van der Waals surface area contributed by atoms with E-state index in [4.69, 9.17) is 0 Å². The SMILES string of the molecule is CC(C)c1ccc(N2C[C@H](CS(C)(=O)=O)[C@H]2C)c2cncnc12. The minimum atomic E-state index is -2.93. The monoisotopic (exact) mass is 333 g/mol. The molecule has 1 saturated heterocycles. The summed E-state index contributed by atoms with van der Waals surface area (Å²) >= 11 is 0. The normalized spacial score (nSPS) is 21.7. The molecule has 1 fully saturated rings. The molecule has 2 aromatic rings. The van der Waals surface area contributed by atoms with Crippen LogP contribution in [0.3, 0.4) is 0 Å². The highest BCUT2D eigenvalue weighted by molar-refractivity contribution is 7.90. The molecule has 124 valence electrons. The predicted octanol–water partition coefficient (Wildman–Crippen LogP) is 2.62. The molecule has 2 heterocycles. The molecule has 0 bridgehead atoms. The van der Waals surface area contributed by atoms with Crippen LogP contribution >= 0.6 is 0 Å². The third-order valence-electron chi connectivity index (χ3n) is 4.74. The summed E-state index contributed by atoms with van der Waals surface area (Å²) in [5.74, 6) is 0.839. The fourth-order valence-corrected chi connectivity index (χ4v) is 4.55. The van der Waals surface area contributed by atoms with Crippen molar-refractivity contribution in [3.05, 3.63) is 30.2 Å². The lowest BCUT2D eigenvalue weighted by atomic mass is 9.89. The largest absolute Gasteiger partial charge is 0.367 e. The van der Waals surface area contributed by atoms with E-state index in [0.29, 0.717) is 5.92 Å². The molecule has 0 N–H and O–H groups in total. The van der Waals surface area contributed by atoms with Gasteiger partial charge in [-0.2, -0.15) is 0 Å². The van der Waals surface area contributed by atoms with E-state index < -0.39 is 9.84 Å². The molecule has 5 nitrogen and oxygen atoms in total. The van der Waals surface area contributed by atoms with Crippen LogP contribution in [-0.2, 0) is 9.84 Å². The summed E-state index contributed by atoms with van der Waals surface area (Å²) in [5.41, 5.74) is 3.31.